The summed E-state index contributed by atoms with van der Waals surface area (Å²) in [5, 5.41) is 18.4. The van der Waals surface area contributed by atoms with Crippen molar-refractivity contribution in [3.63, 3.8) is 0 Å². The van der Waals surface area contributed by atoms with Crippen molar-refractivity contribution in [1.82, 2.24) is 4.90 Å². The van der Waals surface area contributed by atoms with Gasteiger partial charge in [-0.1, -0.05) is 18.2 Å². The highest BCUT2D eigenvalue weighted by Crippen LogP contribution is 2.30. The van der Waals surface area contributed by atoms with E-state index in [1.807, 2.05) is 30.3 Å². The Morgan fingerprint density at radius 1 is 1.25 bits per heavy atom. The third kappa shape index (κ3) is 3.42. The van der Waals surface area contributed by atoms with Crippen LogP contribution in [0.15, 0.2) is 42.5 Å². The second kappa shape index (κ2) is 7.03. The number of rotatable bonds is 5. The van der Waals surface area contributed by atoms with E-state index in [1.165, 1.54) is 10.5 Å². The van der Waals surface area contributed by atoms with E-state index < -0.39 is 6.10 Å². The minimum Gasteiger partial charge on any atom is -0.493 e. The molecule has 1 amide bonds. The van der Waals surface area contributed by atoms with Crippen LogP contribution in [0.5, 0.6) is 5.75 Å². The molecule has 3 rings (SSSR count). The van der Waals surface area contributed by atoms with Gasteiger partial charge in [0.25, 0.3) is 5.91 Å². The number of carbonyl (C=O) groups excluding carboxylic acids is 1. The van der Waals surface area contributed by atoms with Gasteiger partial charge in [-0.15, -0.1) is 0 Å². The average molecular weight is 327 g/mol. The summed E-state index contributed by atoms with van der Waals surface area (Å²) in [5.74, 6) is 0.748. The summed E-state index contributed by atoms with van der Waals surface area (Å²) >= 11 is 0. The minimum absolute atomic E-state index is 0.0930. The highest BCUT2D eigenvalue weighted by atomic mass is 16.5. The predicted molar refractivity (Wildman–Crippen MR) is 91.1 cm³/mol. The first-order valence-electron chi connectivity index (χ1n) is 7.99. The van der Waals surface area contributed by atoms with E-state index in [0.29, 0.717) is 5.56 Å². The van der Waals surface area contributed by atoms with E-state index >= 15 is 0 Å². The molecule has 1 unspecified atom stereocenters. The first kappa shape index (κ1) is 16.5. The number of carbonyl (C=O) groups is 1. The molecule has 0 aliphatic carbocycles. The number of ether oxygens (including phenoxy) is 1. The van der Waals surface area contributed by atoms with Gasteiger partial charge in [-0.3, -0.25) is 4.79 Å². The van der Waals surface area contributed by atoms with Crippen LogP contribution in [0.4, 0.5) is 0 Å². The van der Waals surface area contributed by atoms with E-state index in [2.05, 4.69) is 6.07 Å². The monoisotopic (exact) mass is 327 g/mol. The lowest BCUT2D eigenvalue weighted by Gasteiger charge is -2.20. The molecule has 0 spiro atoms. The van der Waals surface area contributed by atoms with Crippen LogP contribution < -0.4 is 4.74 Å². The number of benzene rings is 2. The molecule has 126 valence electrons. The smallest absolute Gasteiger partial charge is 0.253 e. The summed E-state index contributed by atoms with van der Waals surface area (Å²) in [4.78, 5) is 13.9. The molecule has 5 nitrogen and oxygen atoms in total. The zero-order valence-electron chi connectivity index (χ0n) is 13.6. The lowest BCUT2D eigenvalue weighted by Crippen LogP contribution is -2.35. The SMILES string of the molecule is CN(CC(O)CO)C(=O)c1cccc(-c2ccc3c(c2)CCO3)c1. The zero-order chi connectivity index (χ0) is 17.1. The van der Waals surface area contributed by atoms with E-state index in [1.54, 1.807) is 13.1 Å². The molecule has 0 saturated carbocycles. The quantitative estimate of drug-likeness (QED) is 0.877. The maximum Gasteiger partial charge on any atom is 0.253 e. The fourth-order valence-electron chi connectivity index (χ4n) is 2.88. The Morgan fingerprint density at radius 2 is 2.04 bits per heavy atom. The highest BCUT2D eigenvalue weighted by molar-refractivity contribution is 5.95. The first-order valence-corrected chi connectivity index (χ1v) is 7.99. The fraction of sp³-hybridized carbons (Fsp3) is 0.316. The molecule has 5 heteroatoms. The molecule has 2 N–H and O–H groups in total. The number of aliphatic hydroxyl groups excluding tert-OH is 2. The first-order chi connectivity index (χ1) is 11.6. The average Bonchev–Trinajstić information content (AvgIpc) is 3.08. The van der Waals surface area contributed by atoms with Crippen molar-refractivity contribution in [3.05, 3.63) is 53.6 Å². The number of hydrogen-bond donors (Lipinski definition) is 2. The highest BCUT2D eigenvalue weighted by Gasteiger charge is 2.16. The van der Waals surface area contributed by atoms with E-state index in [0.717, 1.165) is 29.9 Å². The van der Waals surface area contributed by atoms with Gasteiger partial charge in [0.05, 0.1) is 19.3 Å². The molecule has 2 aromatic rings. The van der Waals surface area contributed by atoms with Gasteiger partial charge in [-0.25, -0.2) is 0 Å². The molecule has 1 aliphatic heterocycles. The Hall–Kier alpha value is -2.37. The predicted octanol–water partition coefficient (Wildman–Crippen LogP) is 1.71. The van der Waals surface area contributed by atoms with Crippen LogP contribution in [-0.4, -0.2) is 53.9 Å². The standard InChI is InChI=1S/C19H21NO4/c1-20(11-17(22)12-21)19(23)16-4-2-3-13(10-16)14-5-6-18-15(9-14)7-8-24-18/h2-6,9-10,17,21-22H,7-8,11-12H2,1H3. The van der Waals surface area contributed by atoms with Crippen molar-refractivity contribution < 1.29 is 19.7 Å². The lowest BCUT2D eigenvalue weighted by atomic mass is 10.00. The molecule has 1 heterocycles. The van der Waals surface area contributed by atoms with Gasteiger partial charge in [0.15, 0.2) is 0 Å². The molecule has 24 heavy (non-hydrogen) atoms. The molecule has 1 aliphatic rings. The third-order valence-corrected chi connectivity index (χ3v) is 4.17. The molecular weight excluding hydrogens is 306 g/mol. The Morgan fingerprint density at radius 3 is 2.83 bits per heavy atom. The van der Waals surface area contributed by atoms with Gasteiger partial charge in [0.2, 0.25) is 0 Å². The lowest BCUT2D eigenvalue weighted by molar-refractivity contribution is 0.0520. The number of amides is 1. The van der Waals surface area contributed by atoms with Gasteiger partial charge in [0, 0.05) is 25.6 Å². The van der Waals surface area contributed by atoms with Crippen LogP contribution in [0.25, 0.3) is 11.1 Å². The number of fused-ring (bicyclic) bond motifs is 1. The Kier molecular flexibility index (Phi) is 4.83. The van der Waals surface area contributed by atoms with Crippen LogP contribution >= 0.6 is 0 Å². The van der Waals surface area contributed by atoms with Crippen LogP contribution in [-0.2, 0) is 6.42 Å². The maximum absolute atomic E-state index is 12.5. The van der Waals surface area contributed by atoms with Crippen molar-refractivity contribution in [2.24, 2.45) is 0 Å². The largest absolute Gasteiger partial charge is 0.493 e. The van der Waals surface area contributed by atoms with E-state index in [-0.39, 0.29) is 19.1 Å². The van der Waals surface area contributed by atoms with Crippen molar-refractivity contribution >= 4 is 5.91 Å². The Labute approximate surface area is 141 Å². The summed E-state index contributed by atoms with van der Waals surface area (Å²) in [6.45, 7) is 0.444. The van der Waals surface area contributed by atoms with Gasteiger partial charge in [-0.2, -0.15) is 0 Å². The van der Waals surface area contributed by atoms with Crippen molar-refractivity contribution in [2.75, 3.05) is 26.8 Å². The topological polar surface area (TPSA) is 70.0 Å². The molecule has 0 aromatic heterocycles. The maximum atomic E-state index is 12.5. The molecular formula is C19H21NO4. The van der Waals surface area contributed by atoms with Gasteiger partial charge < -0.3 is 19.8 Å². The molecule has 0 fully saturated rings. The normalized spacial score (nSPS) is 14.0. The molecule has 2 aromatic carbocycles. The minimum atomic E-state index is -0.932. The van der Waals surface area contributed by atoms with Crippen molar-refractivity contribution in [2.45, 2.75) is 12.5 Å². The van der Waals surface area contributed by atoms with Crippen LogP contribution in [0.1, 0.15) is 15.9 Å². The summed E-state index contributed by atoms with van der Waals surface area (Å²) in [7, 11) is 1.61. The second-order valence-electron chi connectivity index (χ2n) is 6.02. The second-order valence-corrected chi connectivity index (χ2v) is 6.02. The number of likely N-dealkylation sites (N-methyl/N-ethyl adjacent to an activating group) is 1. The van der Waals surface area contributed by atoms with Crippen molar-refractivity contribution in [3.8, 4) is 16.9 Å². The summed E-state index contributed by atoms with van der Waals surface area (Å²) in [6, 6.07) is 13.5. The van der Waals surface area contributed by atoms with Gasteiger partial charge in [-0.05, 0) is 41.0 Å². The van der Waals surface area contributed by atoms with Crippen LogP contribution in [0.2, 0.25) is 0 Å². The zero-order valence-corrected chi connectivity index (χ0v) is 13.6. The Balaban J connectivity index is 1.82. The summed E-state index contributed by atoms with van der Waals surface area (Å²) in [5.41, 5.74) is 3.75. The fourth-order valence-corrected chi connectivity index (χ4v) is 2.88. The van der Waals surface area contributed by atoms with Crippen molar-refractivity contribution in [1.29, 1.82) is 0 Å². The van der Waals surface area contributed by atoms with Crippen LogP contribution in [0.3, 0.4) is 0 Å². The Bertz CT molecular complexity index is 744. The van der Waals surface area contributed by atoms with Gasteiger partial charge >= 0.3 is 0 Å². The number of aliphatic hydroxyl groups is 2. The van der Waals surface area contributed by atoms with Gasteiger partial charge in [0.1, 0.15) is 5.75 Å². The summed E-state index contributed by atoms with van der Waals surface area (Å²) < 4.78 is 5.53. The molecule has 0 bridgehead atoms. The van der Waals surface area contributed by atoms with E-state index in [9.17, 15) is 9.90 Å². The number of nitrogens with zero attached hydrogens (tertiary/aromatic N) is 1. The van der Waals surface area contributed by atoms with E-state index in [4.69, 9.17) is 9.84 Å². The third-order valence-electron chi connectivity index (χ3n) is 4.17. The number of hydrogen-bond acceptors (Lipinski definition) is 4. The molecule has 0 saturated heterocycles. The van der Waals surface area contributed by atoms with Crippen LogP contribution in [0, 0.1) is 0 Å². The molecule has 0 radical (unpaired) electrons. The summed E-state index contributed by atoms with van der Waals surface area (Å²) in [6.07, 6.45) is -0.0253. The molecule has 1 atom stereocenters.